The summed E-state index contributed by atoms with van der Waals surface area (Å²) in [6.07, 6.45) is 1.49. The van der Waals surface area contributed by atoms with E-state index in [1.54, 1.807) is 6.92 Å². The third kappa shape index (κ3) is 2.55. The monoisotopic (exact) mass is 184 g/mol. The van der Waals surface area contributed by atoms with Crippen LogP contribution in [-0.4, -0.2) is 18.1 Å². The second-order valence-corrected chi connectivity index (χ2v) is 2.71. The Balaban J connectivity index is 2.64. The van der Waals surface area contributed by atoms with Crippen LogP contribution in [0.15, 0.2) is 10.7 Å². The van der Waals surface area contributed by atoms with Gasteiger partial charge in [-0.2, -0.15) is 0 Å². The van der Waals surface area contributed by atoms with E-state index in [1.807, 2.05) is 0 Å². The number of esters is 1. The highest BCUT2D eigenvalue weighted by molar-refractivity contribution is 5.71. The van der Waals surface area contributed by atoms with Crippen LogP contribution in [0.3, 0.4) is 0 Å². The van der Waals surface area contributed by atoms with Gasteiger partial charge >= 0.3 is 5.97 Å². The Morgan fingerprint density at radius 1 is 1.85 bits per heavy atom. The number of ether oxygens (including phenoxy) is 1. The van der Waals surface area contributed by atoms with E-state index in [-0.39, 0.29) is 18.4 Å². The average molecular weight is 184 g/mol. The van der Waals surface area contributed by atoms with Gasteiger partial charge in [0.15, 0.2) is 0 Å². The topological polar surface area (TPSA) is 78.3 Å². The number of oxazole rings is 1. The van der Waals surface area contributed by atoms with Crippen LogP contribution in [0.5, 0.6) is 0 Å². The van der Waals surface area contributed by atoms with Crippen molar-refractivity contribution >= 4 is 5.97 Å². The fraction of sp³-hybridized carbons (Fsp3) is 0.500. The Kier molecular flexibility index (Phi) is 3.02. The third-order valence-corrected chi connectivity index (χ3v) is 1.56. The van der Waals surface area contributed by atoms with Crippen molar-refractivity contribution < 1.29 is 13.9 Å². The van der Waals surface area contributed by atoms with Crippen molar-refractivity contribution in [2.45, 2.75) is 19.4 Å². The van der Waals surface area contributed by atoms with E-state index in [4.69, 9.17) is 10.2 Å². The van der Waals surface area contributed by atoms with Crippen LogP contribution in [0.1, 0.15) is 24.6 Å². The molecule has 0 aliphatic rings. The molecule has 1 atom stereocenters. The van der Waals surface area contributed by atoms with Crippen molar-refractivity contribution in [3.63, 3.8) is 0 Å². The molecule has 1 aromatic heterocycles. The molecular weight excluding hydrogens is 172 g/mol. The van der Waals surface area contributed by atoms with Gasteiger partial charge in [0, 0.05) is 6.04 Å². The molecule has 1 aromatic rings. The van der Waals surface area contributed by atoms with Gasteiger partial charge in [-0.3, -0.25) is 4.79 Å². The number of aromatic nitrogens is 1. The Hall–Kier alpha value is -1.36. The molecule has 5 heteroatoms. The van der Waals surface area contributed by atoms with Crippen LogP contribution in [0.25, 0.3) is 0 Å². The van der Waals surface area contributed by atoms with Gasteiger partial charge in [-0.1, -0.05) is 0 Å². The molecule has 1 unspecified atom stereocenters. The number of nitrogens with two attached hydrogens (primary N) is 1. The lowest BCUT2D eigenvalue weighted by atomic mass is 10.3. The lowest BCUT2D eigenvalue weighted by Gasteiger charge is -1.95. The van der Waals surface area contributed by atoms with Gasteiger partial charge in [0.1, 0.15) is 12.7 Å². The molecule has 0 saturated carbocycles. The first-order valence-electron chi connectivity index (χ1n) is 3.90. The SMILES string of the molecule is COC(=O)Cc1nc(C(C)N)co1. The van der Waals surface area contributed by atoms with Gasteiger partial charge in [-0.25, -0.2) is 4.98 Å². The predicted octanol–water partition coefficient (Wildman–Crippen LogP) is 0.410. The fourth-order valence-corrected chi connectivity index (χ4v) is 0.811. The quantitative estimate of drug-likeness (QED) is 0.688. The molecule has 0 aliphatic carbocycles. The minimum atomic E-state index is -0.377. The van der Waals surface area contributed by atoms with E-state index in [0.29, 0.717) is 11.6 Å². The van der Waals surface area contributed by atoms with Crippen molar-refractivity contribution in [2.24, 2.45) is 5.73 Å². The number of hydrogen-bond acceptors (Lipinski definition) is 5. The molecule has 72 valence electrons. The van der Waals surface area contributed by atoms with Crippen molar-refractivity contribution in [3.05, 3.63) is 17.8 Å². The van der Waals surface area contributed by atoms with Crippen molar-refractivity contribution in [2.75, 3.05) is 7.11 Å². The molecule has 0 saturated heterocycles. The van der Waals surface area contributed by atoms with E-state index in [1.165, 1.54) is 13.4 Å². The van der Waals surface area contributed by atoms with Gasteiger partial charge in [0.25, 0.3) is 0 Å². The maximum absolute atomic E-state index is 10.8. The number of hydrogen-bond donors (Lipinski definition) is 1. The molecule has 0 radical (unpaired) electrons. The van der Waals surface area contributed by atoms with Gasteiger partial charge in [0.2, 0.25) is 5.89 Å². The number of carbonyl (C=O) groups is 1. The summed E-state index contributed by atoms with van der Waals surface area (Å²) in [4.78, 5) is 14.8. The number of carbonyl (C=O) groups excluding carboxylic acids is 1. The third-order valence-electron chi connectivity index (χ3n) is 1.56. The molecule has 0 fully saturated rings. The lowest BCUT2D eigenvalue weighted by molar-refractivity contribution is -0.140. The highest BCUT2D eigenvalue weighted by atomic mass is 16.5. The molecule has 1 heterocycles. The van der Waals surface area contributed by atoms with Gasteiger partial charge in [-0.05, 0) is 6.92 Å². The number of methoxy groups -OCH3 is 1. The molecular formula is C8H12N2O3. The smallest absolute Gasteiger partial charge is 0.314 e. The zero-order valence-electron chi connectivity index (χ0n) is 7.61. The van der Waals surface area contributed by atoms with E-state index < -0.39 is 0 Å². The maximum Gasteiger partial charge on any atom is 0.314 e. The molecule has 0 bridgehead atoms. The summed E-state index contributed by atoms with van der Waals surface area (Å²) in [7, 11) is 1.32. The molecule has 5 nitrogen and oxygen atoms in total. The Bertz CT molecular complexity index is 293. The number of rotatable bonds is 3. The summed E-state index contributed by atoms with van der Waals surface area (Å²) in [6, 6.07) is -0.185. The number of nitrogens with zero attached hydrogens (tertiary/aromatic N) is 1. The lowest BCUT2D eigenvalue weighted by Crippen LogP contribution is -2.07. The van der Waals surface area contributed by atoms with Crippen LogP contribution in [0.2, 0.25) is 0 Å². The molecule has 0 amide bonds. The van der Waals surface area contributed by atoms with Crippen LogP contribution in [0, 0.1) is 0 Å². The van der Waals surface area contributed by atoms with Gasteiger partial charge in [-0.15, -0.1) is 0 Å². The van der Waals surface area contributed by atoms with E-state index in [9.17, 15) is 4.79 Å². The van der Waals surface area contributed by atoms with Crippen LogP contribution in [0.4, 0.5) is 0 Å². The van der Waals surface area contributed by atoms with Crippen molar-refractivity contribution in [3.8, 4) is 0 Å². The van der Waals surface area contributed by atoms with E-state index >= 15 is 0 Å². The first kappa shape index (κ1) is 9.73. The summed E-state index contributed by atoms with van der Waals surface area (Å²) in [6.45, 7) is 1.79. The predicted molar refractivity (Wildman–Crippen MR) is 44.8 cm³/mol. The van der Waals surface area contributed by atoms with E-state index in [2.05, 4.69) is 9.72 Å². The zero-order chi connectivity index (χ0) is 9.84. The van der Waals surface area contributed by atoms with Crippen molar-refractivity contribution in [1.82, 2.24) is 4.98 Å². The highest BCUT2D eigenvalue weighted by Crippen LogP contribution is 2.09. The fourth-order valence-electron chi connectivity index (χ4n) is 0.811. The molecule has 2 N–H and O–H groups in total. The largest absolute Gasteiger partial charge is 0.469 e. The van der Waals surface area contributed by atoms with Crippen LogP contribution in [-0.2, 0) is 16.0 Å². The van der Waals surface area contributed by atoms with Gasteiger partial charge in [0.05, 0.1) is 12.8 Å². The molecule has 0 spiro atoms. The average Bonchev–Trinajstić information content (AvgIpc) is 2.52. The Morgan fingerprint density at radius 3 is 3.00 bits per heavy atom. The summed E-state index contributed by atoms with van der Waals surface area (Å²) in [5, 5.41) is 0. The molecule has 13 heavy (non-hydrogen) atoms. The Labute approximate surface area is 75.9 Å². The highest BCUT2D eigenvalue weighted by Gasteiger charge is 2.11. The second kappa shape index (κ2) is 4.04. The standard InChI is InChI=1S/C8H12N2O3/c1-5(9)6-4-13-7(10-6)3-8(11)12-2/h4-5H,3,9H2,1-2H3. The van der Waals surface area contributed by atoms with Gasteiger partial charge < -0.3 is 14.9 Å². The minimum Gasteiger partial charge on any atom is -0.469 e. The molecule has 1 rings (SSSR count). The summed E-state index contributed by atoms with van der Waals surface area (Å²) >= 11 is 0. The zero-order valence-corrected chi connectivity index (χ0v) is 7.61. The first-order chi connectivity index (χ1) is 6.13. The summed E-state index contributed by atoms with van der Waals surface area (Å²) in [5.41, 5.74) is 6.19. The van der Waals surface area contributed by atoms with E-state index in [0.717, 1.165) is 0 Å². The summed E-state index contributed by atoms with van der Waals surface area (Å²) < 4.78 is 9.46. The maximum atomic E-state index is 10.8. The normalized spacial score (nSPS) is 12.5. The van der Waals surface area contributed by atoms with Crippen molar-refractivity contribution in [1.29, 1.82) is 0 Å². The summed E-state index contributed by atoms with van der Waals surface area (Å²) in [5.74, 6) is -0.0442. The van der Waals surface area contributed by atoms with Crippen LogP contribution >= 0.6 is 0 Å². The minimum absolute atomic E-state index is 0.0449. The first-order valence-corrected chi connectivity index (χ1v) is 3.90. The molecule has 0 aromatic carbocycles. The van der Waals surface area contributed by atoms with Crippen LogP contribution < -0.4 is 5.73 Å². The Morgan fingerprint density at radius 2 is 2.54 bits per heavy atom. The second-order valence-electron chi connectivity index (χ2n) is 2.71. The molecule has 0 aliphatic heterocycles.